The Morgan fingerprint density at radius 1 is 0.368 bits per heavy atom. The summed E-state index contributed by atoms with van der Waals surface area (Å²) in [6.45, 7) is 8.41. The largest absolute Gasteiger partial charge is 0.496 e. The zero-order chi connectivity index (χ0) is 74.1. The second-order valence-electron chi connectivity index (χ2n) is 25.4. The molecule has 0 aliphatic carbocycles. The molecule has 0 bridgehead atoms. The molecule has 1 saturated heterocycles. The van der Waals surface area contributed by atoms with Crippen LogP contribution >= 0.6 is 152 Å². The van der Waals surface area contributed by atoms with E-state index in [9.17, 15) is 10.1 Å². The molecular weight excluding hydrogens is 1730 g/mol. The number of fused-ring (bicyclic) bond motifs is 5. The highest BCUT2D eigenvalue weighted by molar-refractivity contribution is 9.93. The number of thiophene rings is 5. The van der Waals surface area contributed by atoms with Gasteiger partial charge in [0.1, 0.15) is 0 Å². The third kappa shape index (κ3) is 16.6. The normalized spacial score (nSPS) is 12.6. The van der Waals surface area contributed by atoms with Gasteiger partial charge in [0, 0.05) is 108 Å². The van der Waals surface area contributed by atoms with Gasteiger partial charge in [-0.2, -0.15) is 0 Å². The molecule has 5 aromatic heterocycles. The second kappa shape index (κ2) is 34.9. The summed E-state index contributed by atoms with van der Waals surface area (Å²) in [4.78, 5) is 15.1. The number of nitro groups is 1. The first-order chi connectivity index (χ1) is 51.5. The molecule has 6 heterocycles. The molecule has 0 spiro atoms. The minimum absolute atomic E-state index is 0.126. The number of para-hydroxylation sites is 1. The van der Waals surface area contributed by atoms with E-state index in [2.05, 4.69) is 269 Å². The predicted octanol–water partition coefficient (Wildman–Crippen LogP) is 31.6. The molecule has 18 heteroatoms. The van der Waals surface area contributed by atoms with Gasteiger partial charge in [0.2, 0.25) is 0 Å². The summed E-state index contributed by atoms with van der Waals surface area (Å²) in [6, 6.07) is 103. The maximum Gasteiger partial charge on any atom is 0.496 e. The van der Waals surface area contributed by atoms with Crippen LogP contribution in [0, 0.1) is 10.1 Å². The molecule has 0 N–H and O–H groups in total. The van der Waals surface area contributed by atoms with Crippen molar-refractivity contribution in [2.24, 2.45) is 0 Å². The van der Waals surface area contributed by atoms with Crippen molar-refractivity contribution in [1.29, 1.82) is 0 Å². The van der Waals surface area contributed by atoms with Crippen LogP contribution in [0.5, 0.6) is 0 Å². The lowest BCUT2D eigenvalue weighted by atomic mass is 9.78. The smallest absolute Gasteiger partial charge is 0.399 e. The lowest BCUT2D eigenvalue weighted by Crippen LogP contribution is -2.41. The highest BCUT2D eigenvalue weighted by Gasteiger charge is 2.52. The Balaban J connectivity index is 0.000000123. The van der Waals surface area contributed by atoms with Crippen molar-refractivity contribution in [2.45, 2.75) is 38.9 Å². The predicted molar refractivity (Wildman–Crippen MR) is 478 cm³/mol. The fourth-order valence-corrected chi connectivity index (χ4v) is 20.5. The first-order valence-corrected chi connectivity index (χ1v) is 44.1. The van der Waals surface area contributed by atoms with Crippen LogP contribution in [-0.2, 0) is 9.31 Å². The van der Waals surface area contributed by atoms with Crippen LogP contribution in [-0.4, -0.2) is 23.2 Å². The average molecular weight is 1800 g/mol. The van der Waals surface area contributed by atoms with E-state index in [0.717, 1.165) is 65.0 Å². The summed E-state index contributed by atoms with van der Waals surface area (Å²) in [5.74, 6) is 0. The minimum Gasteiger partial charge on any atom is -0.399 e. The molecule has 0 radical (unpaired) electrons. The van der Waals surface area contributed by atoms with Crippen molar-refractivity contribution < 1.29 is 14.2 Å². The molecule has 526 valence electrons. The molecule has 106 heavy (non-hydrogen) atoms. The Bertz CT molecular complexity index is 5870. The Morgan fingerprint density at radius 2 is 0.717 bits per heavy atom. The van der Waals surface area contributed by atoms with E-state index in [1.165, 1.54) is 84.5 Å². The fourth-order valence-electron chi connectivity index (χ4n) is 12.6. The third-order valence-corrected chi connectivity index (χ3v) is 28.0. The number of halogens is 7. The van der Waals surface area contributed by atoms with Gasteiger partial charge in [-0.15, -0.1) is 56.7 Å². The Kier molecular flexibility index (Phi) is 25.3. The summed E-state index contributed by atoms with van der Waals surface area (Å²) in [7, 11) is -0.371. The topological polar surface area (TPSA) is 61.6 Å². The Hall–Kier alpha value is -7.39. The molecule has 17 aromatic rings. The molecule has 1 aliphatic rings. The standard InChI is InChI=1S/C26H25BO2S.C26H17NO2S.C20H13ClS.C8H3Br2ClS.C8H5ClS.Br2/c1-25(2)26(3,4)29-27(28-25)21-17-11-16-20-22(18-12-7-5-8-13-18)23(30-24(20)21)19-14-9-6-10-15-19;28-27(29)23-17-8-7-14-20(23)21-15-9-16-22-24(18-10-3-1-4-11-18)25(30-26(21)22)19-12-5-2-6-13-19;21-17-13-7-12-16-18(14-8-3-1-4-9-14)19(22-20(16)17)15-10-5-2-6-11-15;9-6-4-2-1-3-5(11)7(4)12-8(6)10;9-7-3-1-2-6-4-5-10-8(6)7;1-2/h5-17H,1-4H3;1-17H;1-13H;1-3H;1-5H;. The van der Waals surface area contributed by atoms with Crippen molar-refractivity contribution in [3.8, 4) is 75.8 Å². The second-order valence-corrected chi connectivity index (χ2v) is 33.7. The number of nitrogens with zero attached hydrogens (tertiary/aromatic N) is 1. The monoisotopic (exact) mass is 1790 g/mol. The summed E-state index contributed by atoms with van der Waals surface area (Å²) in [5, 5.41) is 22.2. The molecular formula is C88H63BBr4Cl3NO4S5. The molecule has 0 amide bonds. The zero-order valence-corrected chi connectivity index (χ0v) is 70.0. The summed E-state index contributed by atoms with van der Waals surface area (Å²) < 4.78 is 20.7. The van der Waals surface area contributed by atoms with Crippen LogP contribution in [0.2, 0.25) is 15.1 Å². The fraction of sp³-hybridized carbons (Fsp3) is 0.0682. The quantitative estimate of drug-likeness (QED) is 0.0821. The van der Waals surface area contributed by atoms with Crippen LogP contribution in [0.15, 0.2) is 317 Å². The number of hydrogen-bond acceptors (Lipinski definition) is 9. The van der Waals surface area contributed by atoms with Gasteiger partial charge < -0.3 is 9.31 Å². The van der Waals surface area contributed by atoms with E-state index in [1.54, 1.807) is 57.5 Å². The van der Waals surface area contributed by atoms with Crippen LogP contribution in [0.1, 0.15) is 27.7 Å². The maximum atomic E-state index is 11.7. The lowest BCUT2D eigenvalue weighted by Gasteiger charge is -2.32. The van der Waals surface area contributed by atoms with Gasteiger partial charge in [-0.25, -0.2) is 0 Å². The number of hydrogen-bond donors (Lipinski definition) is 0. The first kappa shape index (κ1) is 76.8. The van der Waals surface area contributed by atoms with Crippen LogP contribution in [0.3, 0.4) is 0 Å². The van der Waals surface area contributed by atoms with Crippen LogP contribution in [0.25, 0.3) is 126 Å². The van der Waals surface area contributed by atoms with Crippen LogP contribution in [0.4, 0.5) is 5.69 Å². The number of benzene rings is 12. The van der Waals surface area contributed by atoms with Crippen LogP contribution < -0.4 is 5.46 Å². The van der Waals surface area contributed by atoms with Gasteiger partial charge >= 0.3 is 7.12 Å². The van der Waals surface area contributed by atoms with Gasteiger partial charge in [0.15, 0.2) is 0 Å². The van der Waals surface area contributed by atoms with Gasteiger partial charge in [0.05, 0.1) is 59.1 Å². The van der Waals surface area contributed by atoms with Gasteiger partial charge in [-0.3, -0.25) is 10.1 Å². The Morgan fingerprint density at radius 3 is 1.17 bits per heavy atom. The average Bonchev–Trinajstić information content (AvgIpc) is 1.60. The van der Waals surface area contributed by atoms with Crippen molar-refractivity contribution in [3.63, 3.8) is 0 Å². The summed E-state index contributed by atoms with van der Waals surface area (Å²) in [6.07, 6.45) is 0. The molecule has 0 unspecified atom stereocenters. The maximum absolute atomic E-state index is 11.7. The third-order valence-electron chi connectivity index (χ3n) is 18.3. The van der Waals surface area contributed by atoms with E-state index in [1.807, 2.05) is 127 Å². The van der Waals surface area contributed by atoms with Gasteiger partial charge in [0.25, 0.3) is 5.69 Å². The van der Waals surface area contributed by atoms with Crippen molar-refractivity contribution in [3.05, 3.63) is 342 Å². The number of nitro benzene ring substituents is 1. The molecule has 0 atom stereocenters. The highest BCUT2D eigenvalue weighted by Crippen LogP contribution is 2.51. The van der Waals surface area contributed by atoms with E-state index < -0.39 is 0 Å². The van der Waals surface area contributed by atoms with Crippen molar-refractivity contribution in [1.82, 2.24) is 0 Å². The lowest BCUT2D eigenvalue weighted by molar-refractivity contribution is -0.384. The van der Waals surface area contributed by atoms with Crippen molar-refractivity contribution in [2.75, 3.05) is 0 Å². The number of rotatable bonds is 9. The zero-order valence-electron chi connectivity index (χ0n) is 57.3. The van der Waals surface area contributed by atoms with Crippen molar-refractivity contribution >= 4 is 220 Å². The molecule has 5 nitrogen and oxygen atoms in total. The van der Waals surface area contributed by atoms with E-state index in [0.29, 0.717) is 5.56 Å². The van der Waals surface area contributed by atoms with E-state index >= 15 is 0 Å². The SMILES string of the molecule is BrBr.CC1(C)OB(c2cccc3c(-c4ccccc4)c(-c4ccccc4)sc23)OC1(C)C.Clc1cccc2c(-c3ccccc3)c(-c3ccccc3)sc12.Clc1cccc2c(Br)c(Br)sc12.Clc1cccc2ccsc12.O=[N+]([O-])c1ccccc1-c1cccc2c(-c3ccccc3)c(-c3ccccc3)sc12. The molecule has 12 aromatic carbocycles. The molecule has 18 rings (SSSR count). The molecule has 0 saturated carbocycles. The first-order valence-electron chi connectivity index (χ1n) is 33.6. The Labute approximate surface area is 684 Å². The molecule has 1 aliphatic heterocycles. The van der Waals surface area contributed by atoms with E-state index in [-0.39, 0.29) is 28.9 Å². The van der Waals surface area contributed by atoms with E-state index in [4.69, 9.17) is 44.1 Å². The van der Waals surface area contributed by atoms with Gasteiger partial charge in [-0.05, 0) is 134 Å². The minimum atomic E-state index is -0.371. The highest BCUT2D eigenvalue weighted by atomic mass is 80.9. The summed E-state index contributed by atoms with van der Waals surface area (Å²) >= 11 is 39.4. The van der Waals surface area contributed by atoms with Gasteiger partial charge in [-0.1, -0.05) is 302 Å². The molecule has 1 fully saturated rings. The summed E-state index contributed by atoms with van der Waals surface area (Å²) in [5.41, 5.74) is 13.0.